The number of carbonyl (C=O) groups is 1. The largest absolute Gasteiger partial charge is 0.461 e. The minimum absolute atomic E-state index is 0.207. The van der Waals surface area contributed by atoms with Crippen LogP contribution in [0.1, 0.15) is 35.0 Å². The second-order valence-electron chi connectivity index (χ2n) is 4.81. The smallest absolute Gasteiger partial charge is 0.354 e. The first-order valence-electron chi connectivity index (χ1n) is 6.51. The van der Waals surface area contributed by atoms with Crippen molar-refractivity contribution in [2.24, 2.45) is 0 Å². The third-order valence-electron chi connectivity index (χ3n) is 3.67. The highest BCUT2D eigenvalue weighted by atomic mass is 16.5. The number of aromatic nitrogens is 1. The third-order valence-corrected chi connectivity index (χ3v) is 3.67. The van der Waals surface area contributed by atoms with Gasteiger partial charge in [0.2, 0.25) is 0 Å². The van der Waals surface area contributed by atoms with Gasteiger partial charge >= 0.3 is 5.97 Å². The van der Waals surface area contributed by atoms with Crippen LogP contribution >= 0.6 is 0 Å². The minimum atomic E-state index is -0.207. The maximum atomic E-state index is 12.0. The molecule has 3 nitrogen and oxygen atoms in total. The lowest BCUT2D eigenvalue weighted by Gasteiger charge is -2.17. The molecule has 0 fully saturated rings. The lowest BCUT2D eigenvalue weighted by Crippen LogP contribution is -2.15. The van der Waals surface area contributed by atoms with Gasteiger partial charge in [-0.2, -0.15) is 0 Å². The van der Waals surface area contributed by atoms with Gasteiger partial charge in [-0.25, -0.2) is 4.79 Å². The molecule has 94 valence electrons. The number of rotatable bonds is 2. The van der Waals surface area contributed by atoms with E-state index in [1.165, 1.54) is 22.0 Å². The predicted octanol–water partition coefficient (Wildman–Crippen LogP) is 3.07. The van der Waals surface area contributed by atoms with Crippen molar-refractivity contribution in [1.29, 1.82) is 0 Å². The number of carbonyl (C=O) groups excluding carboxylic acids is 1. The molecule has 2 heterocycles. The average molecular weight is 243 g/mol. The highest BCUT2D eigenvalue weighted by Crippen LogP contribution is 2.31. The third kappa shape index (κ3) is 1.54. The number of esters is 1. The second-order valence-corrected chi connectivity index (χ2v) is 4.81. The lowest BCUT2D eigenvalue weighted by molar-refractivity contribution is 0.0514. The molecule has 1 aromatic carbocycles. The molecule has 3 heteroatoms. The molecule has 0 atom stereocenters. The number of hydrogen-bond acceptors (Lipinski definition) is 2. The molecule has 0 saturated carbocycles. The number of ether oxygens (including phenoxy) is 1. The predicted molar refractivity (Wildman–Crippen MR) is 71.0 cm³/mol. The monoisotopic (exact) mass is 243 g/mol. The molecule has 0 N–H and O–H groups in total. The first-order chi connectivity index (χ1) is 8.72. The van der Waals surface area contributed by atoms with Crippen molar-refractivity contribution in [1.82, 2.24) is 4.57 Å². The quantitative estimate of drug-likeness (QED) is 0.759. The van der Waals surface area contributed by atoms with Gasteiger partial charge in [-0.1, -0.05) is 12.1 Å². The fraction of sp³-hybridized carbons (Fsp3) is 0.400. The molecule has 2 aromatic rings. The fourth-order valence-electron chi connectivity index (χ4n) is 2.83. The van der Waals surface area contributed by atoms with Crippen LogP contribution in [-0.2, 0) is 17.7 Å². The van der Waals surface area contributed by atoms with Gasteiger partial charge in [0, 0.05) is 11.9 Å². The van der Waals surface area contributed by atoms with E-state index < -0.39 is 0 Å². The Kier molecular flexibility index (Phi) is 2.62. The Morgan fingerprint density at radius 1 is 1.44 bits per heavy atom. The molecule has 0 aliphatic carbocycles. The summed E-state index contributed by atoms with van der Waals surface area (Å²) in [7, 11) is 0. The molecule has 3 rings (SSSR count). The Balaban J connectivity index is 2.26. The van der Waals surface area contributed by atoms with E-state index in [-0.39, 0.29) is 5.97 Å². The van der Waals surface area contributed by atoms with Gasteiger partial charge in [-0.05, 0) is 43.9 Å². The van der Waals surface area contributed by atoms with Crippen LogP contribution in [0.25, 0.3) is 10.9 Å². The Morgan fingerprint density at radius 2 is 2.28 bits per heavy atom. The Hall–Kier alpha value is -1.77. The zero-order valence-electron chi connectivity index (χ0n) is 10.8. The number of hydrogen-bond donors (Lipinski definition) is 0. The molecule has 1 aliphatic heterocycles. The van der Waals surface area contributed by atoms with E-state index in [9.17, 15) is 4.79 Å². The van der Waals surface area contributed by atoms with E-state index in [0.29, 0.717) is 12.3 Å². The first kappa shape index (κ1) is 11.3. The summed E-state index contributed by atoms with van der Waals surface area (Å²) in [5.74, 6) is -0.207. The highest BCUT2D eigenvalue weighted by molar-refractivity contribution is 5.98. The summed E-state index contributed by atoms with van der Waals surface area (Å²) in [6, 6.07) is 6.31. The summed E-state index contributed by atoms with van der Waals surface area (Å²) in [4.78, 5) is 12.0. The number of benzene rings is 1. The summed E-state index contributed by atoms with van der Waals surface area (Å²) in [5.41, 5.74) is 4.49. The number of nitrogens with zero attached hydrogens (tertiary/aromatic N) is 1. The fourth-order valence-corrected chi connectivity index (χ4v) is 2.83. The van der Waals surface area contributed by atoms with E-state index in [1.807, 2.05) is 13.0 Å². The van der Waals surface area contributed by atoms with Crippen molar-refractivity contribution in [3.63, 3.8) is 0 Å². The molecule has 0 radical (unpaired) electrons. The van der Waals surface area contributed by atoms with Gasteiger partial charge in [-0.3, -0.25) is 0 Å². The van der Waals surface area contributed by atoms with Crippen molar-refractivity contribution >= 4 is 16.9 Å². The molecule has 0 unspecified atom stereocenters. The lowest BCUT2D eigenvalue weighted by atomic mass is 10.0. The van der Waals surface area contributed by atoms with Crippen LogP contribution < -0.4 is 0 Å². The van der Waals surface area contributed by atoms with Crippen molar-refractivity contribution in [2.45, 2.75) is 33.2 Å². The maximum Gasteiger partial charge on any atom is 0.354 e. The molecule has 1 aromatic heterocycles. The van der Waals surface area contributed by atoms with Crippen molar-refractivity contribution < 1.29 is 9.53 Å². The summed E-state index contributed by atoms with van der Waals surface area (Å²) in [5, 5.41) is 1.19. The highest BCUT2D eigenvalue weighted by Gasteiger charge is 2.21. The zero-order chi connectivity index (χ0) is 12.7. The molecular weight excluding hydrogens is 226 g/mol. The van der Waals surface area contributed by atoms with Crippen LogP contribution in [0.3, 0.4) is 0 Å². The molecule has 1 aliphatic rings. The van der Waals surface area contributed by atoms with Gasteiger partial charge in [0.25, 0.3) is 0 Å². The van der Waals surface area contributed by atoms with Crippen LogP contribution in [-0.4, -0.2) is 17.1 Å². The summed E-state index contributed by atoms with van der Waals surface area (Å²) in [6.07, 6.45) is 2.19. The summed E-state index contributed by atoms with van der Waals surface area (Å²) >= 11 is 0. The van der Waals surface area contributed by atoms with Gasteiger partial charge in [0.1, 0.15) is 5.69 Å². The SMILES string of the molecule is CCOC(=O)c1cc2c(C)ccc3c2n1CCC3. The normalized spacial score (nSPS) is 13.9. The standard InChI is InChI=1S/C15H17NO2/c1-3-18-15(17)13-9-12-10(2)6-7-11-5-4-8-16(13)14(11)12/h6-7,9H,3-5,8H2,1-2H3. The van der Waals surface area contributed by atoms with Crippen molar-refractivity contribution in [3.05, 3.63) is 35.0 Å². The number of aryl methyl sites for hydroxylation is 3. The molecule has 0 saturated heterocycles. The Morgan fingerprint density at radius 3 is 3.06 bits per heavy atom. The first-order valence-corrected chi connectivity index (χ1v) is 6.51. The van der Waals surface area contributed by atoms with Gasteiger partial charge in [-0.15, -0.1) is 0 Å². The van der Waals surface area contributed by atoms with Crippen LogP contribution in [0.5, 0.6) is 0 Å². The van der Waals surface area contributed by atoms with E-state index in [4.69, 9.17) is 4.74 Å². The van der Waals surface area contributed by atoms with Crippen LogP contribution in [0.15, 0.2) is 18.2 Å². The van der Waals surface area contributed by atoms with E-state index in [2.05, 4.69) is 23.6 Å². The van der Waals surface area contributed by atoms with Gasteiger partial charge < -0.3 is 9.30 Å². The zero-order valence-corrected chi connectivity index (χ0v) is 10.8. The molecule has 0 spiro atoms. The topological polar surface area (TPSA) is 31.2 Å². The van der Waals surface area contributed by atoms with Crippen molar-refractivity contribution in [3.8, 4) is 0 Å². The molecule has 18 heavy (non-hydrogen) atoms. The maximum absolute atomic E-state index is 12.0. The molecule has 0 amide bonds. The second kappa shape index (κ2) is 4.16. The summed E-state index contributed by atoms with van der Waals surface area (Å²) < 4.78 is 7.27. The van der Waals surface area contributed by atoms with Crippen LogP contribution in [0.2, 0.25) is 0 Å². The Labute approximate surface area is 106 Å². The van der Waals surface area contributed by atoms with E-state index in [1.54, 1.807) is 0 Å². The van der Waals surface area contributed by atoms with E-state index >= 15 is 0 Å². The van der Waals surface area contributed by atoms with E-state index in [0.717, 1.165) is 19.4 Å². The van der Waals surface area contributed by atoms with Gasteiger partial charge in [0.15, 0.2) is 0 Å². The average Bonchev–Trinajstić information content (AvgIpc) is 2.76. The Bertz CT molecular complexity index is 625. The molecule has 0 bridgehead atoms. The molecular formula is C15H17NO2. The van der Waals surface area contributed by atoms with Crippen LogP contribution in [0.4, 0.5) is 0 Å². The van der Waals surface area contributed by atoms with Gasteiger partial charge in [0.05, 0.1) is 12.1 Å². The minimum Gasteiger partial charge on any atom is -0.461 e. The summed E-state index contributed by atoms with van der Waals surface area (Å²) in [6.45, 7) is 5.26. The van der Waals surface area contributed by atoms with Crippen molar-refractivity contribution in [2.75, 3.05) is 6.61 Å². The van der Waals surface area contributed by atoms with Crippen LogP contribution in [0, 0.1) is 6.92 Å².